The highest BCUT2D eigenvalue weighted by atomic mass is 35.5. The van der Waals surface area contributed by atoms with Gasteiger partial charge in [-0.15, -0.1) is 0 Å². The molecule has 5 nitrogen and oxygen atoms in total. The van der Waals surface area contributed by atoms with Gasteiger partial charge in [-0.05, 0) is 73.7 Å². The molecular formula is C31H38Cl2N4O. The number of nitrogens with zero attached hydrogens (tertiary/aromatic N) is 3. The average molecular weight is 554 g/mol. The van der Waals surface area contributed by atoms with Crippen molar-refractivity contribution in [2.24, 2.45) is 0 Å². The molecule has 7 heteroatoms. The molecule has 0 radical (unpaired) electrons. The third-order valence-corrected chi connectivity index (χ3v) is 8.66. The predicted octanol–water partition coefficient (Wildman–Crippen LogP) is 6.90. The summed E-state index contributed by atoms with van der Waals surface area (Å²) >= 11 is 12.8. The van der Waals surface area contributed by atoms with Gasteiger partial charge in [0.15, 0.2) is 0 Å². The summed E-state index contributed by atoms with van der Waals surface area (Å²) in [5.74, 6) is 0. The highest BCUT2D eigenvalue weighted by Crippen LogP contribution is 2.38. The van der Waals surface area contributed by atoms with Gasteiger partial charge in [-0.1, -0.05) is 72.6 Å². The van der Waals surface area contributed by atoms with Gasteiger partial charge in [0.1, 0.15) is 18.9 Å². The molecule has 202 valence electrons. The molecule has 2 atom stereocenters. The molecule has 0 spiro atoms. The number of hydrogen-bond acceptors (Lipinski definition) is 4. The van der Waals surface area contributed by atoms with Gasteiger partial charge >= 0.3 is 0 Å². The molecule has 0 amide bonds. The third-order valence-electron chi connectivity index (χ3n) is 8.07. The van der Waals surface area contributed by atoms with Gasteiger partial charge in [0.2, 0.25) is 0 Å². The maximum absolute atomic E-state index is 14.3. The van der Waals surface area contributed by atoms with Gasteiger partial charge in [-0.25, -0.2) is 4.90 Å². The summed E-state index contributed by atoms with van der Waals surface area (Å²) in [7, 11) is 0. The second-order valence-corrected chi connectivity index (χ2v) is 11.8. The number of aryl methyl sites for hydroxylation is 2. The van der Waals surface area contributed by atoms with Crippen LogP contribution in [0.3, 0.4) is 0 Å². The monoisotopic (exact) mass is 552 g/mol. The Kier molecular flexibility index (Phi) is 8.75. The summed E-state index contributed by atoms with van der Waals surface area (Å²) in [5.41, 5.74) is 5.38. The smallest absolute Gasteiger partial charge is 0.141 e. The van der Waals surface area contributed by atoms with Crippen molar-refractivity contribution in [2.75, 3.05) is 33.0 Å². The number of piperidine rings is 1. The zero-order valence-electron chi connectivity index (χ0n) is 22.4. The Hall–Kier alpha value is -1.96. The minimum Gasteiger partial charge on any atom is -0.626 e. The minimum atomic E-state index is -0.409. The maximum atomic E-state index is 14.3. The first-order valence-corrected chi connectivity index (χ1v) is 14.5. The number of rotatable bonds is 8. The van der Waals surface area contributed by atoms with Crippen molar-refractivity contribution in [3.63, 3.8) is 0 Å². The highest BCUT2D eigenvalue weighted by molar-refractivity contribution is 6.31. The van der Waals surface area contributed by atoms with Gasteiger partial charge in [0.25, 0.3) is 0 Å². The van der Waals surface area contributed by atoms with E-state index in [1.807, 2.05) is 31.2 Å². The first-order valence-electron chi connectivity index (χ1n) is 13.7. The van der Waals surface area contributed by atoms with Gasteiger partial charge in [0, 0.05) is 34.8 Å². The summed E-state index contributed by atoms with van der Waals surface area (Å²) in [6.07, 6.45) is 3.08. The number of quaternary nitrogens is 1. The van der Waals surface area contributed by atoms with Crippen LogP contribution in [0.5, 0.6) is 0 Å². The molecule has 1 N–H and O–H groups in total. The van der Waals surface area contributed by atoms with Crippen LogP contribution in [0, 0.1) is 12.1 Å². The van der Waals surface area contributed by atoms with Crippen LogP contribution in [-0.2, 0) is 13.0 Å². The molecule has 0 saturated carbocycles. The molecular weight excluding hydrogens is 515 g/mol. The molecule has 0 bridgehead atoms. The second-order valence-electron chi connectivity index (χ2n) is 10.9. The van der Waals surface area contributed by atoms with Crippen LogP contribution in [0.1, 0.15) is 48.1 Å². The van der Waals surface area contributed by atoms with Gasteiger partial charge in [0.05, 0.1) is 12.7 Å². The standard InChI is InChI=1S/C31H38Cl2N4O/c1-3-25-17-26(9-10-30(25)33)31-20-37(38,29-16-23(2)15-27(32)18-29)22-36(31)21-34-28-11-13-35(14-12-28)19-24-7-5-4-6-8-24/h4-10,15-18,28,31,34H,3,11-14,19-22H2,1-2H3. The number of hydroxylamine groups is 2. The summed E-state index contributed by atoms with van der Waals surface area (Å²) in [5, 5.41) is 19.5. The topological polar surface area (TPSA) is 41.6 Å². The lowest BCUT2D eigenvalue weighted by atomic mass is 10.0. The number of halogens is 2. The van der Waals surface area contributed by atoms with E-state index in [9.17, 15) is 5.21 Å². The molecule has 2 heterocycles. The van der Waals surface area contributed by atoms with E-state index in [0.717, 1.165) is 66.3 Å². The normalized spacial score (nSPS) is 23.2. The van der Waals surface area contributed by atoms with Crippen LogP contribution in [0.4, 0.5) is 5.69 Å². The second kappa shape index (κ2) is 12.1. The third kappa shape index (κ3) is 6.43. The van der Waals surface area contributed by atoms with E-state index in [-0.39, 0.29) is 6.04 Å². The van der Waals surface area contributed by atoms with E-state index < -0.39 is 4.65 Å². The number of likely N-dealkylation sites (tertiary alicyclic amines) is 1. The Morgan fingerprint density at radius 2 is 1.76 bits per heavy atom. The van der Waals surface area contributed by atoms with Crippen molar-refractivity contribution in [2.45, 2.75) is 51.7 Å². The number of nitrogens with one attached hydrogen (secondary N) is 1. The van der Waals surface area contributed by atoms with Crippen LogP contribution in [-0.4, -0.2) is 48.8 Å². The molecule has 3 aromatic carbocycles. The van der Waals surface area contributed by atoms with E-state index in [1.54, 1.807) is 0 Å². The van der Waals surface area contributed by atoms with Gasteiger partial charge in [-0.3, -0.25) is 4.90 Å². The zero-order valence-corrected chi connectivity index (χ0v) is 23.9. The van der Waals surface area contributed by atoms with Crippen LogP contribution in [0.15, 0.2) is 66.7 Å². The first kappa shape index (κ1) is 27.6. The number of hydrogen-bond donors (Lipinski definition) is 1. The molecule has 38 heavy (non-hydrogen) atoms. The van der Waals surface area contributed by atoms with Crippen molar-refractivity contribution >= 4 is 28.9 Å². The molecule has 2 saturated heterocycles. The van der Waals surface area contributed by atoms with E-state index in [0.29, 0.717) is 30.9 Å². The fourth-order valence-electron chi connectivity index (χ4n) is 5.92. The van der Waals surface area contributed by atoms with Crippen molar-refractivity contribution in [3.05, 3.63) is 104 Å². The SMILES string of the molecule is CCc1cc(C2C[N+]([O-])(c3cc(C)cc(Cl)c3)CN2CNC2CCN(Cc3ccccc3)CC2)ccc1Cl. The lowest BCUT2D eigenvalue weighted by Crippen LogP contribution is -2.47. The van der Waals surface area contributed by atoms with Gasteiger partial charge in [-0.2, -0.15) is 0 Å². The van der Waals surface area contributed by atoms with Crippen LogP contribution < -0.4 is 9.96 Å². The molecule has 2 aliphatic heterocycles. The van der Waals surface area contributed by atoms with E-state index in [1.165, 1.54) is 5.56 Å². The van der Waals surface area contributed by atoms with Gasteiger partial charge < -0.3 is 15.2 Å². The molecule has 2 unspecified atom stereocenters. The Bertz CT molecular complexity index is 1210. The van der Waals surface area contributed by atoms with Crippen molar-refractivity contribution in [1.82, 2.24) is 19.8 Å². The molecule has 2 aliphatic rings. The average Bonchev–Trinajstić information content (AvgIpc) is 3.26. The molecule has 5 rings (SSSR count). The lowest BCUT2D eigenvalue weighted by molar-refractivity contribution is 0.161. The quantitative estimate of drug-likeness (QED) is 0.244. The fraction of sp³-hybridized carbons (Fsp3) is 0.419. The molecule has 2 fully saturated rings. The summed E-state index contributed by atoms with van der Waals surface area (Å²) < 4.78 is -0.409. The Morgan fingerprint density at radius 3 is 2.47 bits per heavy atom. The van der Waals surface area contributed by atoms with E-state index in [4.69, 9.17) is 23.2 Å². The molecule has 0 aliphatic carbocycles. The minimum absolute atomic E-state index is 0.0000223. The first-order chi connectivity index (χ1) is 18.3. The van der Waals surface area contributed by atoms with Crippen LogP contribution >= 0.6 is 23.2 Å². The number of benzene rings is 3. The van der Waals surface area contributed by atoms with E-state index in [2.05, 4.69) is 64.5 Å². The Labute approximate surface area is 237 Å². The molecule has 0 aromatic heterocycles. The van der Waals surface area contributed by atoms with Crippen molar-refractivity contribution in [1.29, 1.82) is 0 Å². The van der Waals surface area contributed by atoms with Crippen LogP contribution in [0.25, 0.3) is 0 Å². The Balaban J connectivity index is 1.28. The van der Waals surface area contributed by atoms with Crippen LogP contribution in [0.2, 0.25) is 10.0 Å². The maximum Gasteiger partial charge on any atom is 0.141 e. The molecule has 3 aromatic rings. The Morgan fingerprint density at radius 1 is 1.00 bits per heavy atom. The summed E-state index contributed by atoms with van der Waals surface area (Å²) in [6.45, 7) is 8.78. The van der Waals surface area contributed by atoms with Crippen molar-refractivity contribution in [3.8, 4) is 0 Å². The fourth-order valence-corrected chi connectivity index (χ4v) is 6.45. The summed E-state index contributed by atoms with van der Waals surface area (Å²) in [4.78, 5) is 4.84. The largest absolute Gasteiger partial charge is 0.626 e. The lowest BCUT2D eigenvalue weighted by Gasteiger charge is -2.38. The van der Waals surface area contributed by atoms with Crippen molar-refractivity contribution < 1.29 is 0 Å². The predicted molar refractivity (Wildman–Crippen MR) is 159 cm³/mol. The van der Waals surface area contributed by atoms with E-state index >= 15 is 0 Å². The summed E-state index contributed by atoms with van der Waals surface area (Å²) in [6, 6.07) is 23.1. The highest BCUT2D eigenvalue weighted by Gasteiger charge is 2.41. The zero-order chi connectivity index (χ0) is 26.7.